The van der Waals surface area contributed by atoms with Crippen molar-refractivity contribution in [1.82, 2.24) is 10.2 Å². The van der Waals surface area contributed by atoms with Gasteiger partial charge in [0.15, 0.2) is 0 Å². The summed E-state index contributed by atoms with van der Waals surface area (Å²) in [4.78, 5) is 25.3. The van der Waals surface area contributed by atoms with Gasteiger partial charge in [-0.3, -0.25) is 4.79 Å². The number of ether oxygens (including phenoxy) is 2. The molecule has 2 unspecified atom stereocenters. The van der Waals surface area contributed by atoms with Gasteiger partial charge in [-0.1, -0.05) is 31.2 Å². The van der Waals surface area contributed by atoms with Crippen LogP contribution in [0.25, 0.3) is 0 Å². The first-order chi connectivity index (χ1) is 13.5. The number of carboxylic acid groups (broad SMARTS) is 1. The normalized spacial score (nSPS) is 23.4. The average molecular weight is 390 g/mol. The Bertz CT molecular complexity index is 657. The topological polar surface area (TPSA) is 88.1 Å². The summed E-state index contributed by atoms with van der Waals surface area (Å²) in [7, 11) is 0. The summed E-state index contributed by atoms with van der Waals surface area (Å²) in [5, 5.41) is 12.1. The van der Waals surface area contributed by atoms with Gasteiger partial charge in [0, 0.05) is 32.8 Å². The number of carboxylic acids is 1. The molecular formula is C21H30N2O5. The first-order valence-electron chi connectivity index (χ1n) is 10.0. The molecule has 0 bridgehead atoms. The summed E-state index contributed by atoms with van der Waals surface area (Å²) in [6.45, 7) is 5.39. The van der Waals surface area contributed by atoms with E-state index < -0.39 is 11.9 Å². The Morgan fingerprint density at radius 2 is 1.86 bits per heavy atom. The number of aliphatic carboxylic acids is 1. The number of urea groups is 1. The van der Waals surface area contributed by atoms with Gasteiger partial charge >= 0.3 is 12.0 Å². The van der Waals surface area contributed by atoms with E-state index in [2.05, 4.69) is 5.32 Å². The second-order valence-corrected chi connectivity index (χ2v) is 7.88. The van der Waals surface area contributed by atoms with Gasteiger partial charge in [-0.25, -0.2) is 4.79 Å². The number of carbonyl (C=O) groups excluding carboxylic acids is 1. The van der Waals surface area contributed by atoms with Gasteiger partial charge in [-0.05, 0) is 36.3 Å². The van der Waals surface area contributed by atoms with E-state index in [0.29, 0.717) is 26.1 Å². The number of nitrogens with one attached hydrogen (secondary N) is 1. The first-order valence-corrected chi connectivity index (χ1v) is 10.0. The Hall–Kier alpha value is -2.12. The van der Waals surface area contributed by atoms with Crippen LogP contribution in [0.3, 0.4) is 0 Å². The molecule has 2 N–H and O–H groups in total. The van der Waals surface area contributed by atoms with E-state index in [1.165, 1.54) is 0 Å². The number of carbonyl (C=O) groups is 2. The lowest BCUT2D eigenvalue weighted by Gasteiger charge is -2.34. The van der Waals surface area contributed by atoms with Crippen molar-refractivity contribution in [2.24, 2.45) is 11.8 Å². The van der Waals surface area contributed by atoms with Crippen molar-refractivity contribution in [3.8, 4) is 0 Å². The number of hydrogen-bond acceptors (Lipinski definition) is 4. The molecule has 0 spiro atoms. The molecule has 28 heavy (non-hydrogen) atoms. The van der Waals surface area contributed by atoms with Gasteiger partial charge in [0.05, 0.1) is 18.6 Å². The van der Waals surface area contributed by atoms with Gasteiger partial charge < -0.3 is 24.8 Å². The number of piperidine rings is 1. The lowest BCUT2D eigenvalue weighted by Crippen LogP contribution is -2.49. The van der Waals surface area contributed by atoms with E-state index in [4.69, 9.17) is 9.47 Å². The smallest absolute Gasteiger partial charge is 0.317 e. The molecule has 2 heterocycles. The number of likely N-dealkylation sites (tertiary alicyclic amines) is 1. The minimum Gasteiger partial charge on any atom is -0.481 e. The third kappa shape index (κ3) is 5.94. The molecule has 7 nitrogen and oxygen atoms in total. The summed E-state index contributed by atoms with van der Waals surface area (Å²) in [6.07, 6.45) is 2.79. The summed E-state index contributed by atoms with van der Waals surface area (Å²) in [6, 6.07) is 7.81. The summed E-state index contributed by atoms with van der Waals surface area (Å²) < 4.78 is 11.3. The molecule has 1 aromatic rings. The molecule has 2 aliphatic rings. The maximum absolute atomic E-state index is 12.4. The van der Waals surface area contributed by atoms with Crippen LogP contribution in [-0.4, -0.2) is 54.4 Å². The van der Waals surface area contributed by atoms with Crippen molar-refractivity contribution in [3.63, 3.8) is 0 Å². The third-order valence-corrected chi connectivity index (χ3v) is 5.42. The van der Waals surface area contributed by atoms with E-state index in [0.717, 1.165) is 37.2 Å². The van der Waals surface area contributed by atoms with Crippen LogP contribution in [0, 0.1) is 11.8 Å². The molecule has 0 aliphatic carbocycles. The van der Waals surface area contributed by atoms with E-state index in [-0.39, 0.29) is 24.6 Å². The molecule has 154 valence electrons. The highest BCUT2D eigenvalue weighted by Crippen LogP contribution is 2.22. The van der Waals surface area contributed by atoms with Gasteiger partial charge in [0.2, 0.25) is 0 Å². The molecule has 3 rings (SSSR count). The van der Waals surface area contributed by atoms with Gasteiger partial charge in [-0.15, -0.1) is 0 Å². The van der Waals surface area contributed by atoms with Crippen LogP contribution < -0.4 is 5.32 Å². The fourth-order valence-electron chi connectivity index (χ4n) is 3.80. The molecule has 0 saturated carbocycles. The maximum atomic E-state index is 12.4. The van der Waals surface area contributed by atoms with Crippen LogP contribution in [0.4, 0.5) is 4.79 Å². The second kappa shape index (κ2) is 9.89. The van der Waals surface area contributed by atoms with Crippen molar-refractivity contribution in [1.29, 1.82) is 0 Å². The number of rotatable bonds is 6. The zero-order valence-corrected chi connectivity index (χ0v) is 16.4. The van der Waals surface area contributed by atoms with Crippen molar-refractivity contribution in [2.45, 2.75) is 45.4 Å². The van der Waals surface area contributed by atoms with Crippen LogP contribution in [-0.2, 0) is 27.4 Å². The Morgan fingerprint density at radius 1 is 1.18 bits per heavy atom. The minimum atomic E-state index is -0.831. The van der Waals surface area contributed by atoms with Crippen molar-refractivity contribution in [3.05, 3.63) is 35.4 Å². The number of benzene rings is 1. The van der Waals surface area contributed by atoms with Gasteiger partial charge in [-0.2, -0.15) is 0 Å². The van der Waals surface area contributed by atoms with Crippen LogP contribution in [0.2, 0.25) is 0 Å². The van der Waals surface area contributed by atoms with E-state index >= 15 is 0 Å². The number of amides is 2. The highest BCUT2D eigenvalue weighted by Gasteiger charge is 2.31. The van der Waals surface area contributed by atoms with Crippen LogP contribution in [0.15, 0.2) is 24.3 Å². The molecule has 7 heteroatoms. The standard InChI is InChI=1S/C21H30N2O5/c1-15-10-18(20(24)25)13-23(12-15)21(26)22-11-16-2-4-17(5-3-16)14-28-19-6-8-27-9-7-19/h2-5,15,18-19H,6-14H2,1H3,(H,22,26)(H,24,25). The SMILES string of the molecule is CC1CC(C(=O)O)CN(C(=O)NCc2ccc(COC3CCOCC3)cc2)C1. The first kappa shape index (κ1) is 20.6. The number of hydrogen-bond donors (Lipinski definition) is 2. The second-order valence-electron chi connectivity index (χ2n) is 7.88. The van der Waals surface area contributed by atoms with Crippen molar-refractivity contribution >= 4 is 12.0 Å². The van der Waals surface area contributed by atoms with Crippen LogP contribution in [0.5, 0.6) is 0 Å². The molecule has 0 aromatic heterocycles. The molecule has 2 fully saturated rings. The monoisotopic (exact) mass is 390 g/mol. The quantitative estimate of drug-likeness (QED) is 0.780. The molecule has 0 radical (unpaired) electrons. The average Bonchev–Trinajstić information content (AvgIpc) is 2.71. The predicted octanol–water partition coefficient (Wildman–Crippen LogP) is 2.63. The lowest BCUT2D eigenvalue weighted by atomic mass is 9.91. The van der Waals surface area contributed by atoms with E-state index in [9.17, 15) is 14.7 Å². The molecule has 2 saturated heterocycles. The molecule has 2 amide bonds. The molecule has 2 aliphatic heterocycles. The van der Waals surface area contributed by atoms with Crippen LogP contribution >= 0.6 is 0 Å². The molecular weight excluding hydrogens is 360 g/mol. The zero-order chi connectivity index (χ0) is 19.9. The maximum Gasteiger partial charge on any atom is 0.317 e. The Morgan fingerprint density at radius 3 is 2.54 bits per heavy atom. The lowest BCUT2D eigenvalue weighted by molar-refractivity contribution is -0.143. The van der Waals surface area contributed by atoms with Gasteiger partial charge in [0.1, 0.15) is 0 Å². The number of nitrogens with zero attached hydrogens (tertiary/aromatic N) is 1. The largest absolute Gasteiger partial charge is 0.481 e. The Kier molecular flexibility index (Phi) is 7.28. The van der Waals surface area contributed by atoms with Crippen molar-refractivity contribution < 1.29 is 24.2 Å². The molecule has 1 aromatic carbocycles. The van der Waals surface area contributed by atoms with E-state index in [1.54, 1.807) is 4.90 Å². The predicted molar refractivity (Wildman–Crippen MR) is 104 cm³/mol. The highest BCUT2D eigenvalue weighted by atomic mass is 16.5. The minimum absolute atomic E-state index is 0.190. The Labute approximate surface area is 166 Å². The van der Waals surface area contributed by atoms with E-state index in [1.807, 2.05) is 31.2 Å². The fourth-order valence-corrected chi connectivity index (χ4v) is 3.80. The molecule has 2 atom stereocenters. The fraction of sp³-hybridized carbons (Fsp3) is 0.619. The summed E-state index contributed by atoms with van der Waals surface area (Å²) in [5.41, 5.74) is 2.11. The Balaban J connectivity index is 1.43. The summed E-state index contributed by atoms with van der Waals surface area (Å²) in [5.74, 6) is -1.12. The van der Waals surface area contributed by atoms with Gasteiger partial charge in [0.25, 0.3) is 0 Å². The van der Waals surface area contributed by atoms with Crippen molar-refractivity contribution in [2.75, 3.05) is 26.3 Å². The van der Waals surface area contributed by atoms with Crippen LogP contribution in [0.1, 0.15) is 37.3 Å². The highest BCUT2D eigenvalue weighted by molar-refractivity contribution is 5.76. The zero-order valence-electron chi connectivity index (χ0n) is 16.4. The summed E-state index contributed by atoms with van der Waals surface area (Å²) >= 11 is 0. The third-order valence-electron chi connectivity index (χ3n) is 5.42.